The van der Waals surface area contributed by atoms with Crippen molar-refractivity contribution in [3.63, 3.8) is 0 Å². The van der Waals surface area contributed by atoms with Gasteiger partial charge in [0.1, 0.15) is 5.78 Å². The number of nitrogens with one attached hydrogen (secondary N) is 2. The molecule has 0 aliphatic heterocycles. The number of carbonyl (C=O) groups excluding carboxylic acids is 3. The van der Waals surface area contributed by atoms with Crippen molar-refractivity contribution in [3.05, 3.63) is 12.2 Å². The Hall–Kier alpha value is -1.65. The quantitative estimate of drug-likeness (QED) is 0.363. The molecule has 0 spiro atoms. The maximum atomic E-state index is 11.0. The molecule has 0 atom stereocenters. The van der Waals surface area contributed by atoms with Crippen LogP contribution in [0.15, 0.2) is 12.2 Å². The Kier molecular flexibility index (Phi) is 6.01. The molecular formula is C10H16N2O3. The summed E-state index contributed by atoms with van der Waals surface area (Å²) >= 11 is 0. The fraction of sp³-hybridized carbons (Fsp3) is 0.500. The Bertz CT molecular complexity index is 284. The van der Waals surface area contributed by atoms with Gasteiger partial charge in [0.25, 0.3) is 0 Å². The molecule has 0 saturated heterocycles. The number of hydrogen-bond acceptors (Lipinski definition) is 3. The van der Waals surface area contributed by atoms with Crippen molar-refractivity contribution in [1.82, 2.24) is 10.6 Å². The lowest BCUT2D eigenvalue weighted by molar-refractivity contribution is -0.127. The third-order valence-electron chi connectivity index (χ3n) is 1.53. The van der Waals surface area contributed by atoms with Gasteiger partial charge in [0.05, 0.1) is 6.42 Å². The van der Waals surface area contributed by atoms with Gasteiger partial charge in [0, 0.05) is 18.7 Å². The Morgan fingerprint density at radius 3 is 2.07 bits per heavy atom. The summed E-state index contributed by atoms with van der Waals surface area (Å²) in [5, 5.41) is 5.06. The summed E-state index contributed by atoms with van der Waals surface area (Å²) in [6, 6.07) is 0. The number of carbonyl (C=O) groups is 3. The van der Waals surface area contributed by atoms with E-state index in [0.29, 0.717) is 18.7 Å². The maximum Gasteiger partial charge on any atom is 0.246 e. The van der Waals surface area contributed by atoms with Crippen LogP contribution in [0, 0.1) is 0 Å². The number of amides is 2. The van der Waals surface area contributed by atoms with E-state index in [1.54, 1.807) is 6.92 Å². The van der Waals surface area contributed by atoms with Crippen LogP contribution in [-0.4, -0.2) is 30.7 Å². The maximum absolute atomic E-state index is 11.0. The average Bonchev–Trinajstić information content (AvgIpc) is 2.10. The van der Waals surface area contributed by atoms with Gasteiger partial charge in [-0.1, -0.05) is 6.58 Å². The highest BCUT2D eigenvalue weighted by Gasteiger charge is 2.04. The zero-order valence-corrected chi connectivity index (χ0v) is 9.05. The molecule has 84 valence electrons. The summed E-state index contributed by atoms with van der Waals surface area (Å²) in [6.45, 7) is 7.05. The van der Waals surface area contributed by atoms with E-state index >= 15 is 0 Å². The van der Waals surface area contributed by atoms with Gasteiger partial charge in [-0.15, -0.1) is 0 Å². The minimum absolute atomic E-state index is 0.117. The second-order valence-corrected chi connectivity index (χ2v) is 3.26. The molecule has 2 amide bonds. The molecule has 0 saturated carbocycles. The number of rotatable bonds is 6. The normalized spacial score (nSPS) is 9.20. The van der Waals surface area contributed by atoms with Gasteiger partial charge < -0.3 is 10.6 Å². The van der Waals surface area contributed by atoms with Gasteiger partial charge >= 0.3 is 0 Å². The van der Waals surface area contributed by atoms with Crippen LogP contribution >= 0.6 is 0 Å². The topological polar surface area (TPSA) is 75.3 Å². The summed E-state index contributed by atoms with van der Waals surface area (Å²) < 4.78 is 0. The van der Waals surface area contributed by atoms with E-state index in [1.807, 2.05) is 0 Å². The first-order valence-corrected chi connectivity index (χ1v) is 4.63. The Labute approximate surface area is 88.9 Å². The first-order chi connectivity index (χ1) is 6.93. The smallest absolute Gasteiger partial charge is 0.246 e. The largest absolute Gasteiger partial charge is 0.354 e. The van der Waals surface area contributed by atoms with E-state index in [4.69, 9.17) is 0 Å². The molecule has 15 heavy (non-hydrogen) atoms. The average molecular weight is 212 g/mol. The molecule has 0 aromatic carbocycles. The van der Waals surface area contributed by atoms with E-state index in [0.717, 1.165) is 0 Å². The predicted octanol–water partition coefficient (Wildman–Crippen LogP) is -0.226. The van der Waals surface area contributed by atoms with Crippen molar-refractivity contribution in [3.8, 4) is 0 Å². The van der Waals surface area contributed by atoms with Gasteiger partial charge in [0.2, 0.25) is 11.8 Å². The molecule has 0 bridgehead atoms. The molecule has 0 aliphatic rings. The SMILES string of the molecule is C=C(C)C(=O)NCCNC(=O)CC(C)=O. The van der Waals surface area contributed by atoms with Crippen molar-refractivity contribution in [2.24, 2.45) is 0 Å². The van der Waals surface area contributed by atoms with Crippen LogP contribution < -0.4 is 10.6 Å². The van der Waals surface area contributed by atoms with Gasteiger partial charge in [-0.05, 0) is 13.8 Å². The van der Waals surface area contributed by atoms with E-state index < -0.39 is 0 Å². The van der Waals surface area contributed by atoms with Gasteiger partial charge in [-0.25, -0.2) is 0 Å². The Morgan fingerprint density at radius 2 is 1.60 bits per heavy atom. The molecule has 0 rings (SSSR count). The zero-order valence-electron chi connectivity index (χ0n) is 9.05. The van der Waals surface area contributed by atoms with Crippen LogP contribution in [0.2, 0.25) is 0 Å². The molecular weight excluding hydrogens is 196 g/mol. The third kappa shape index (κ3) is 7.42. The van der Waals surface area contributed by atoms with E-state index in [9.17, 15) is 14.4 Å². The Morgan fingerprint density at radius 1 is 1.07 bits per heavy atom. The molecule has 5 heteroatoms. The summed E-state index contributed by atoms with van der Waals surface area (Å²) in [5.41, 5.74) is 0.421. The van der Waals surface area contributed by atoms with E-state index in [2.05, 4.69) is 17.2 Å². The first kappa shape index (κ1) is 13.4. The molecule has 2 N–H and O–H groups in total. The third-order valence-corrected chi connectivity index (χ3v) is 1.53. The fourth-order valence-electron chi connectivity index (χ4n) is 0.817. The molecule has 0 radical (unpaired) electrons. The monoisotopic (exact) mass is 212 g/mol. The molecule has 0 aromatic heterocycles. The summed E-state index contributed by atoms with van der Waals surface area (Å²) in [7, 11) is 0. The van der Waals surface area contributed by atoms with Crippen LogP contribution in [-0.2, 0) is 14.4 Å². The minimum atomic E-state index is -0.327. The summed E-state index contributed by atoms with van der Waals surface area (Å²) in [6.07, 6.45) is -0.117. The highest BCUT2D eigenvalue weighted by molar-refractivity contribution is 5.96. The second-order valence-electron chi connectivity index (χ2n) is 3.26. The first-order valence-electron chi connectivity index (χ1n) is 4.63. The van der Waals surface area contributed by atoms with E-state index in [-0.39, 0.29) is 24.0 Å². The van der Waals surface area contributed by atoms with Crippen molar-refractivity contribution in [2.45, 2.75) is 20.3 Å². The van der Waals surface area contributed by atoms with Crippen LogP contribution in [0.3, 0.4) is 0 Å². The van der Waals surface area contributed by atoms with Crippen LogP contribution in [0.5, 0.6) is 0 Å². The second kappa shape index (κ2) is 6.75. The van der Waals surface area contributed by atoms with E-state index in [1.165, 1.54) is 6.92 Å². The standard InChI is InChI=1S/C10H16N2O3/c1-7(2)10(15)12-5-4-11-9(14)6-8(3)13/h1,4-6H2,2-3H3,(H,11,14)(H,12,15). The van der Waals surface area contributed by atoms with Crippen molar-refractivity contribution in [2.75, 3.05) is 13.1 Å². The minimum Gasteiger partial charge on any atom is -0.354 e. The molecule has 0 aliphatic carbocycles. The van der Waals surface area contributed by atoms with Gasteiger partial charge in [-0.2, -0.15) is 0 Å². The zero-order chi connectivity index (χ0) is 11.8. The van der Waals surface area contributed by atoms with Crippen LogP contribution in [0.1, 0.15) is 20.3 Å². The van der Waals surface area contributed by atoms with Gasteiger partial charge in [-0.3, -0.25) is 14.4 Å². The van der Waals surface area contributed by atoms with Crippen molar-refractivity contribution >= 4 is 17.6 Å². The van der Waals surface area contributed by atoms with Gasteiger partial charge in [0.15, 0.2) is 0 Å². The lowest BCUT2D eigenvalue weighted by Gasteiger charge is -2.05. The number of Topliss-reactive ketones (excluding diaryl/α,β-unsaturated/α-hetero) is 1. The lowest BCUT2D eigenvalue weighted by Crippen LogP contribution is -2.35. The number of hydrogen-bond donors (Lipinski definition) is 2. The number of ketones is 1. The fourth-order valence-corrected chi connectivity index (χ4v) is 0.817. The Balaban J connectivity index is 3.55. The molecule has 0 heterocycles. The highest BCUT2D eigenvalue weighted by Crippen LogP contribution is 1.84. The highest BCUT2D eigenvalue weighted by atomic mass is 16.2. The molecule has 0 unspecified atom stereocenters. The van der Waals surface area contributed by atoms with Crippen LogP contribution in [0.25, 0.3) is 0 Å². The summed E-state index contributed by atoms with van der Waals surface area (Å²) in [5.74, 6) is -0.749. The molecule has 0 aromatic rings. The predicted molar refractivity (Wildman–Crippen MR) is 56.1 cm³/mol. The molecule has 5 nitrogen and oxygen atoms in total. The van der Waals surface area contributed by atoms with Crippen LogP contribution in [0.4, 0.5) is 0 Å². The van der Waals surface area contributed by atoms with Crippen molar-refractivity contribution < 1.29 is 14.4 Å². The summed E-state index contributed by atoms with van der Waals surface area (Å²) in [4.78, 5) is 32.5. The lowest BCUT2D eigenvalue weighted by atomic mass is 10.3. The molecule has 0 fully saturated rings. The van der Waals surface area contributed by atoms with Crippen molar-refractivity contribution in [1.29, 1.82) is 0 Å².